The van der Waals surface area contributed by atoms with Crippen LogP contribution in [-0.2, 0) is 11.3 Å². The van der Waals surface area contributed by atoms with E-state index in [9.17, 15) is 9.59 Å². The van der Waals surface area contributed by atoms with E-state index in [0.29, 0.717) is 44.0 Å². The van der Waals surface area contributed by atoms with Gasteiger partial charge < -0.3 is 19.3 Å². The van der Waals surface area contributed by atoms with Gasteiger partial charge in [0.15, 0.2) is 11.5 Å². The van der Waals surface area contributed by atoms with Crippen molar-refractivity contribution in [3.05, 3.63) is 46.2 Å². The Morgan fingerprint density at radius 1 is 1.14 bits per heavy atom. The fourth-order valence-electron chi connectivity index (χ4n) is 3.61. The van der Waals surface area contributed by atoms with Gasteiger partial charge in [-0.05, 0) is 30.4 Å². The Morgan fingerprint density at radius 2 is 1.89 bits per heavy atom. The van der Waals surface area contributed by atoms with Gasteiger partial charge in [-0.1, -0.05) is 18.2 Å². The van der Waals surface area contributed by atoms with Gasteiger partial charge in [-0.2, -0.15) is 0 Å². The van der Waals surface area contributed by atoms with Gasteiger partial charge >= 0.3 is 0 Å². The molecule has 1 aliphatic rings. The molecule has 28 heavy (non-hydrogen) atoms. The highest BCUT2D eigenvalue weighted by Crippen LogP contribution is 2.32. The number of benzene rings is 1. The van der Waals surface area contributed by atoms with Crippen molar-refractivity contribution < 1.29 is 19.1 Å². The first kappa shape index (κ1) is 20.2. The van der Waals surface area contributed by atoms with E-state index in [-0.39, 0.29) is 17.7 Å². The summed E-state index contributed by atoms with van der Waals surface area (Å²) in [6.45, 7) is 1.68. The molecule has 1 saturated heterocycles. The largest absolute Gasteiger partial charge is 0.493 e. The normalized spacial score (nSPS) is 14.6. The molecular weight excluding hydrogens is 376 g/mol. The summed E-state index contributed by atoms with van der Waals surface area (Å²) in [5, 5.41) is 1.91. The zero-order chi connectivity index (χ0) is 20.1. The van der Waals surface area contributed by atoms with Gasteiger partial charge in [0.1, 0.15) is 0 Å². The first-order chi connectivity index (χ1) is 13.5. The SMILES string of the molecule is COc1cccc(CN(C)C(=O)C2CCN(C(=O)c3cccs3)CC2)c1OC. The molecule has 150 valence electrons. The molecule has 0 bridgehead atoms. The Morgan fingerprint density at radius 3 is 2.50 bits per heavy atom. The van der Waals surface area contributed by atoms with Crippen molar-refractivity contribution in [2.24, 2.45) is 5.92 Å². The van der Waals surface area contributed by atoms with Crippen molar-refractivity contribution in [2.45, 2.75) is 19.4 Å². The maximum atomic E-state index is 12.9. The molecule has 1 aromatic carbocycles. The predicted molar refractivity (Wildman–Crippen MR) is 109 cm³/mol. The third kappa shape index (κ3) is 4.30. The number of thiophene rings is 1. The van der Waals surface area contributed by atoms with Crippen molar-refractivity contribution in [3.8, 4) is 11.5 Å². The van der Waals surface area contributed by atoms with E-state index >= 15 is 0 Å². The summed E-state index contributed by atoms with van der Waals surface area (Å²) in [7, 11) is 5.01. The lowest BCUT2D eigenvalue weighted by molar-refractivity contribution is -0.136. The van der Waals surface area contributed by atoms with E-state index in [1.807, 2.05) is 47.7 Å². The second kappa shape index (κ2) is 9.10. The Balaban J connectivity index is 1.59. The van der Waals surface area contributed by atoms with Crippen LogP contribution in [0.15, 0.2) is 35.7 Å². The van der Waals surface area contributed by atoms with Crippen LogP contribution in [0, 0.1) is 5.92 Å². The molecule has 0 saturated carbocycles. The minimum atomic E-state index is -0.0611. The van der Waals surface area contributed by atoms with Crippen LogP contribution in [0.25, 0.3) is 0 Å². The van der Waals surface area contributed by atoms with E-state index in [2.05, 4.69) is 0 Å². The first-order valence-electron chi connectivity index (χ1n) is 9.32. The van der Waals surface area contributed by atoms with Gasteiger partial charge in [-0.3, -0.25) is 9.59 Å². The molecule has 1 aliphatic heterocycles. The number of ether oxygens (including phenoxy) is 2. The van der Waals surface area contributed by atoms with Crippen molar-refractivity contribution >= 4 is 23.2 Å². The predicted octanol–water partition coefficient (Wildman–Crippen LogP) is 3.28. The molecule has 0 atom stereocenters. The number of carbonyl (C=O) groups excluding carboxylic acids is 2. The summed E-state index contributed by atoms with van der Waals surface area (Å²) in [6, 6.07) is 9.40. The maximum Gasteiger partial charge on any atom is 0.263 e. The Bertz CT molecular complexity index is 814. The number of rotatable bonds is 6. The highest BCUT2D eigenvalue weighted by atomic mass is 32.1. The lowest BCUT2D eigenvalue weighted by Gasteiger charge is -2.33. The molecule has 6 nitrogen and oxygen atoms in total. The number of piperidine rings is 1. The molecule has 2 aromatic rings. The average molecular weight is 403 g/mol. The number of hydrogen-bond acceptors (Lipinski definition) is 5. The van der Waals surface area contributed by atoms with Crippen LogP contribution in [0.5, 0.6) is 11.5 Å². The number of amides is 2. The number of methoxy groups -OCH3 is 2. The summed E-state index contributed by atoms with van der Waals surface area (Å²) in [5.41, 5.74) is 0.906. The minimum Gasteiger partial charge on any atom is -0.493 e. The second-order valence-electron chi connectivity index (χ2n) is 6.89. The maximum absolute atomic E-state index is 12.9. The summed E-state index contributed by atoms with van der Waals surface area (Å²) < 4.78 is 10.8. The molecule has 7 heteroatoms. The van der Waals surface area contributed by atoms with Gasteiger partial charge in [-0.25, -0.2) is 0 Å². The molecule has 1 aromatic heterocycles. The Hall–Kier alpha value is -2.54. The van der Waals surface area contributed by atoms with Crippen LogP contribution in [0.2, 0.25) is 0 Å². The Labute approximate surface area is 169 Å². The molecule has 0 aliphatic carbocycles. The number of carbonyl (C=O) groups is 2. The van der Waals surface area contributed by atoms with Gasteiger partial charge in [-0.15, -0.1) is 11.3 Å². The zero-order valence-corrected chi connectivity index (χ0v) is 17.3. The molecule has 2 amide bonds. The number of nitrogens with zero attached hydrogens (tertiary/aromatic N) is 2. The molecule has 0 unspecified atom stereocenters. The number of hydrogen-bond donors (Lipinski definition) is 0. The fraction of sp³-hybridized carbons (Fsp3) is 0.429. The Kier molecular flexibility index (Phi) is 6.57. The van der Waals surface area contributed by atoms with Crippen LogP contribution >= 0.6 is 11.3 Å². The van der Waals surface area contributed by atoms with Crippen LogP contribution in [0.4, 0.5) is 0 Å². The van der Waals surface area contributed by atoms with Gasteiger partial charge in [0.25, 0.3) is 5.91 Å². The summed E-state index contributed by atoms with van der Waals surface area (Å²) in [4.78, 5) is 29.7. The molecule has 2 heterocycles. The summed E-state index contributed by atoms with van der Waals surface area (Å²) >= 11 is 1.46. The van der Waals surface area contributed by atoms with Gasteiger partial charge in [0, 0.05) is 38.2 Å². The third-order valence-corrected chi connectivity index (χ3v) is 5.99. The summed E-state index contributed by atoms with van der Waals surface area (Å²) in [5.74, 6) is 1.42. The standard InChI is InChI=1S/C21H26N2O4S/c1-22(14-16-6-4-7-17(26-2)19(16)27-3)20(24)15-9-11-23(12-10-15)21(25)18-8-5-13-28-18/h4-8,13,15H,9-12,14H2,1-3H3. The van der Waals surface area contributed by atoms with Crippen molar-refractivity contribution in [1.29, 1.82) is 0 Å². The van der Waals surface area contributed by atoms with Crippen LogP contribution in [-0.4, -0.2) is 56.0 Å². The van der Waals surface area contributed by atoms with Gasteiger partial charge in [0.2, 0.25) is 5.91 Å². The van der Waals surface area contributed by atoms with Gasteiger partial charge in [0.05, 0.1) is 19.1 Å². The van der Waals surface area contributed by atoms with E-state index in [1.165, 1.54) is 11.3 Å². The van der Waals surface area contributed by atoms with Crippen LogP contribution in [0.1, 0.15) is 28.1 Å². The average Bonchev–Trinajstić information content (AvgIpc) is 3.27. The lowest BCUT2D eigenvalue weighted by Crippen LogP contribution is -2.43. The number of likely N-dealkylation sites (tertiary alicyclic amines) is 1. The first-order valence-corrected chi connectivity index (χ1v) is 10.2. The van der Waals surface area contributed by atoms with E-state index in [0.717, 1.165) is 10.4 Å². The highest BCUT2D eigenvalue weighted by molar-refractivity contribution is 7.12. The molecule has 0 radical (unpaired) electrons. The van der Waals surface area contributed by atoms with E-state index < -0.39 is 0 Å². The summed E-state index contributed by atoms with van der Waals surface area (Å²) in [6.07, 6.45) is 1.38. The molecule has 0 N–H and O–H groups in total. The van der Waals surface area contributed by atoms with Crippen molar-refractivity contribution in [2.75, 3.05) is 34.4 Å². The molecule has 0 spiro atoms. The minimum absolute atomic E-state index is 0.0611. The molecule has 1 fully saturated rings. The molecular formula is C21H26N2O4S. The van der Waals surface area contributed by atoms with Crippen LogP contribution < -0.4 is 9.47 Å². The monoisotopic (exact) mass is 402 g/mol. The molecule has 3 rings (SSSR count). The van der Waals surface area contributed by atoms with Crippen molar-refractivity contribution in [1.82, 2.24) is 9.80 Å². The fourth-order valence-corrected chi connectivity index (χ4v) is 4.30. The highest BCUT2D eigenvalue weighted by Gasteiger charge is 2.30. The van der Waals surface area contributed by atoms with E-state index in [4.69, 9.17) is 9.47 Å². The zero-order valence-electron chi connectivity index (χ0n) is 16.5. The second-order valence-corrected chi connectivity index (χ2v) is 7.84. The van der Waals surface area contributed by atoms with E-state index in [1.54, 1.807) is 19.1 Å². The lowest BCUT2D eigenvalue weighted by atomic mass is 9.95. The smallest absolute Gasteiger partial charge is 0.263 e. The van der Waals surface area contributed by atoms with Crippen molar-refractivity contribution in [3.63, 3.8) is 0 Å². The third-order valence-electron chi connectivity index (χ3n) is 5.13. The van der Waals surface area contributed by atoms with Crippen LogP contribution in [0.3, 0.4) is 0 Å². The number of para-hydroxylation sites is 1. The topological polar surface area (TPSA) is 59.1 Å². The quantitative estimate of drug-likeness (QED) is 0.744.